The summed E-state index contributed by atoms with van der Waals surface area (Å²) in [4.78, 5) is 14.2. The smallest absolute Gasteiger partial charge is 0.266 e. The van der Waals surface area contributed by atoms with Crippen molar-refractivity contribution in [2.24, 2.45) is 4.99 Å². The van der Waals surface area contributed by atoms with E-state index in [-0.39, 0.29) is 5.56 Å². The Morgan fingerprint density at radius 1 is 1.62 bits per heavy atom. The van der Waals surface area contributed by atoms with E-state index in [0.29, 0.717) is 4.47 Å². The molecule has 66 valence electrons. The van der Waals surface area contributed by atoms with Crippen LogP contribution in [0.25, 0.3) is 0 Å². The summed E-state index contributed by atoms with van der Waals surface area (Å²) < 4.78 is 13.2. The molecular weight excluding hydrogens is 257 g/mol. The molecule has 0 atom stereocenters. The molecule has 1 rings (SSSR count). The van der Waals surface area contributed by atoms with Crippen LogP contribution in [0.2, 0.25) is 0 Å². The average Bonchev–Trinajstić information content (AvgIpc) is 2.10. The first-order valence-electron chi connectivity index (χ1n) is 3.22. The maximum Gasteiger partial charge on any atom is 0.285 e. The van der Waals surface area contributed by atoms with Gasteiger partial charge in [0.1, 0.15) is 5.82 Å². The number of hydrogen-bond acceptors (Lipinski definition) is 2. The molecule has 2 nitrogen and oxygen atoms in total. The zero-order chi connectivity index (χ0) is 9.84. The van der Waals surface area contributed by atoms with Crippen LogP contribution in [0.1, 0.15) is 10.4 Å². The summed E-state index contributed by atoms with van der Waals surface area (Å²) in [6.45, 7) is 0. The Bertz CT molecular complexity index is 401. The molecular formula is C8H3BrFNOS. The van der Waals surface area contributed by atoms with Crippen molar-refractivity contribution in [1.82, 2.24) is 0 Å². The molecule has 5 heteroatoms. The van der Waals surface area contributed by atoms with E-state index < -0.39 is 11.7 Å². The Morgan fingerprint density at radius 3 is 2.85 bits per heavy atom. The summed E-state index contributed by atoms with van der Waals surface area (Å²) in [5, 5.41) is 1.92. The minimum atomic E-state index is -0.596. The van der Waals surface area contributed by atoms with Crippen LogP contribution in [0.15, 0.2) is 27.7 Å². The number of rotatable bonds is 1. The molecule has 1 amide bonds. The highest BCUT2D eigenvalue weighted by Crippen LogP contribution is 2.16. The molecule has 0 spiro atoms. The first-order chi connectivity index (χ1) is 6.15. The highest BCUT2D eigenvalue weighted by Gasteiger charge is 2.06. The maximum absolute atomic E-state index is 12.9. The molecule has 0 aliphatic carbocycles. The molecule has 0 radical (unpaired) electrons. The van der Waals surface area contributed by atoms with Gasteiger partial charge in [-0.15, -0.1) is 0 Å². The van der Waals surface area contributed by atoms with Gasteiger partial charge in [-0.3, -0.25) is 4.79 Å². The quantitative estimate of drug-likeness (QED) is 0.574. The van der Waals surface area contributed by atoms with Crippen LogP contribution in [0.5, 0.6) is 0 Å². The van der Waals surface area contributed by atoms with E-state index in [9.17, 15) is 9.18 Å². The van der Waals surface area contributed by atoms with E-state index in [1.807, 2.05) is 5.16 Å². The Morgan fingerprint density at radius 2 is 2.31 bits per heavy atom. The van der Waals surface area contributed by atoms with Gasteiger partial charge in [-0.25, -0.2) is 4.39 Å². The third kappa shape index (κ3) is 2.52. The van der Waals surface area contributed by atoms with Gasteiger partial charge >= 0.3 is 0 Å². The molecule has 0 unspecified atom stereocenters. The standard InChI is InChI=1S/C8H3BrFNOS/c9-6-2-1-5(3-7(6)10)8(12)11-4-13/h1-3H. The van der Waals surface area contributed by atoms with Gasteiger partial charge in [0.05, 0.1) is 9.63 Å². The topological polar surface area (TPSA) is 29.4 Å². The maximum atomic E-state index is 12.9. The fraction of sp³-hybridized carbons (Fsp3) is 0. The zero-order valence-corrected chi connectivity index (χ0v) is 8.65. The number of isothiocyanates is 1. The van der Waals surface area contributed by atoms with Gasteiger partial charge in [0.2, 0.25) is 0 Å². The summed E-state index contributed by atoms with van der Waals surface area (Å²) in [5.74, 6) is -1.10. The molecule has 1 aromatic rings. The first-order valence-corrected chi connectivity index (χ1v) is 4.42. The second-order valence-electron chi connectivity index (χ2n) is 2.14. The summed E-state index contributed by atoms with van der Waals surface area (Å²) in [5.41, 5.74) is 0.151. The Labute approximate surface area is 87.6 Å². The normalized spacial score (nSPS) is 9.08. The first kappa shape index (κ1) is 10.2. The zero-order valence-electron chi connectivity index (χ0n) is 6.25. The van der Waals surface area contributed by atoms with E-state index in [4.69, 9.17) is 0 Å². The van der Waals surface area contributed by atoms with Crippen molar-refractivity contribution in [3.8, 4) is 0 Å². The van der Waals surface area contributed by atoms with Crippen LogP contribution in [0, 0.1) is 5.82 Å². The minimum Gasteiger partial charge on any atom is -0.266 e. The van der Waals surface area contributed by atoms with Crippen LogP contribution < -0.4 is 0 Å². The van der Waals surface area contributed by atoms with Gasteiger partial charge in [-0.05, 0) is 46.3 Å². The highest BCUT2D eigenvalue weighted by atomic mass is 79.9. The lowest BCUT2D eigenvalue weighted by Crippen LogP contribution is -1.94. The molecule has 0 N–H and O–H groups in total. The Kier molecular flexibility index (Phi) is 3.42. The van der Waals surface area contributed by atoms with E-state index in [1.54, 1.807) is 0 Å². The summed E-state index contributed by atoms with van der Waals surface area (Å²) in [6, 6.07) is 3.97. The van der Waals surface area contributed by atoms with Crippen molar-refractivity contribution in [3.05, 3.63) is 34.1 Å². The van der Waals surface area contributed by atoms with Crippen LogP contribution in [-0.4, -0.2) is 11.1 Å². The van der Waals surface area contributed by atoms with Crippen molar-refractivity contribution in [1.29, 1.82) is 0 Å². The van der Waals surface area contributed by atoms with Crippen molar-refractivity contribution >= 4 is 39.2 Å². The number of nitrogens with zero attached hydrogens (tertiary/aromatic N) is 1. The Balaban J connectivity index is 3.10. The molecule has 13 heavy (non-hydrogen) atoms. The van der Waals surface area contributed by atoms with Gasteiger partial charge in [-0.2, -0.15) is 4.99 Å². The second kappa shape index (κ2) is 4.37. The third-order valence-electron chi connectivity index (χ3n) is 1.31. The summed E-state index contributed by atoms with van der Waals surface area (Å²) in [7, 11) is 0. The van der Waals surface area contributed by atoms with Gasteiger partial charge in [0, 0.05) is 5.56 Å². The highest BCUT2D eigenvalue weighted by molar-refractivity contribution is 9.10. The fourth-order valence-electron chi connectivity index (χ4n) is 0.735. The monoisotopic (exact) mass is 259 g/mol. The second-order valence-corrected chi connectivity index (χ2v) is 3.17. The van der Waals surface area contributed by atoms with Gasteiger partial charge in [0.15, 0.2) is 0 Å². The van der Waals surface area contributed by atoms with E-state index in [1.165, 1.54) is 12.1 Å². The summed E-state index contributed by atoms with van der Waals surface area (Å²) >= 11 is 7.21. The van der Waals surface area contributed by atoms with Crippen LogP contribution in [0.4, 0.5) is 4.39 Å². The predicted octanol–water partition coefficient (Wildman–Crippen LogP) is 2.83. The average molecular weight is 260 g/mol. The van der Waals surface area contributed by atoms with E-state index in [2.05, 4.69) is 33.1 Å². The molecule has 0 saturated carbocycles. The SMILES string of the molecule is O=C(N=C=S)c1ccc(Br)c(F)c1. The molecule has 0 aliphatic heterocycles. The van der Waals surface area contributed by atoms with Gasteiger partial charge < -0.3 is 0 Å². The molecule has 0 aromatic heterocycles. The van der Waals surface area contributed by atoms with Gasteiger partial charge in [-0.1, -0.05) is 0 Å². The van der Waals surface area contributed by atoms with Crippen molar-refractivity contribution < 1.29 is 9.18 Å². The molecule has 0 fully saturated rings. The molecule has 0 aliphatic rings. The molecule has 1 aromatic carbocycles. The van der Waals surface area contributed by atoms with Crippen LogP contribution in [0.3, 0.4) is 0 Å². The van der Waals surface area contributed by atoms with E-state index >= 15 is 0 Å². The lowest BCUT2D eigenvalue weighted by molar-refractivity contribution is 0.100. The minimum absolute atomic E-state index is 0.151. The predicted molar refractivity (Wildman–Crippen MR) is 53.5 cm³/mol. The van der Waals surface area contributed by atoms with Gasteiger partial charge in [0.25, 0.3) is 5.91 Å². The molecule has 0 saturated heterocycles. The Hall–Kier alpha value is -0.900. The fourth-order valence-corrected chi connectivity index (χ4v) is 1.06. The number of carbonyl (C=O) groups is 1. The van der Waals surface area contributed by atoms with Crippen molar-refractivity contribution in [2.75, 3.05) is 0 Å². The number of benzene rings is 1. The molecule has 0 bridgehead atoms. The lowest BCUT2D eigenvalue weighted by Gasteiger charge is -1.96. The lowest BCUT2D eigenvalue weighted by atomic mass is 10.2. The van der Waals surface area contributed by atoms with E-state index in [0.717, 1.165) is 6.07 Å². The number of halogens is 2. The number of carbonyl (C=O) groups excluding carboxylic acids is 1. The number of aliphatic imine (C=N–C) groups is 1. The number of thiocarbonyl (C=S) groups is 1. The number of hydrogen-bond donors (Lipinski definition) is 0. The number of amides is 1. The third-order valence-corrected chi connectivity index (χ3v) is 2.05. The van der Waals surface area contributed by atoms with Crippen LogP contribution >= 0.6 is 28.1 Å². The largest absolute Gasteiger partial charge is 0.285 e. The molecule has 0 heterocycles. The van der Waals surface area contributed by atoms with Crippen molar-refractivity contribution in [2.45, 2.75) is 0 Å². The summed E-state index contributed by atoms with van der Waals surface area (Å²) in [6.07, 6.45) is 0. The van der Waals surface area contributed by atoms with Crippen LogP contribution in [-0.2, 0) is 0 Å². The van der Waals surface area contributed by atoms with Crippen molar-refractivity contribution in [3.63, 3.8) is 0 Å².